The average molecular weight is 315 g/mol. The first-order valence-corrected chi connectivity index (χ1v) is 7.98. The number of β-amino-alcohol motifs (C(OH)–C–C–N with tert-alkyl or cyclic N) is 1. The van der Waals surface area contributed by atoms with Crippen LogP contribution in [0.2, 0.25) is 0 Å². The minimum Gasteiger partial charge on any atom is -0.391 e. The van der Waals surface area contributed by atoms with E-state index in [9.17, 15) is 14.7 Å². The number of aliphatic hydroxyl groups excluding tert-OH is 1. The molecule has 1 aromatic carbocycles. The highest BCUT2D eigenvalue weighted by molar-refractivity contribution is 6.04. The van der Waals surface area contributed by atoms with Gasteiger partial charge in [0.25, 0.3) is 11.5 Å². The van der Waals surface area contributed by atoms with Crippen molar-refractivity contribution in [3.05, 3.63) is 40.3 Å². The van der Waals surface area contributed by atoms with Crippen LogP contribution in [-0.4, -0.2) is 44.9 Å². The Labute approximate surface area is 134 Å². The first kappa shape index (κ1) is 15.7. The minimum absolute atomic E-state index is 0.134. The van der Waals surface area contributed by atoms with Crippen molar-refractivity contribution in [2.75, 3.05) is 13.1 Å². The van der Waals surface area contributed by atoms with E-state index in [1.807, 2.05) is 13.8 Å². The average Bonchev–Trinajstić information content (AvgIpc) is 2.54. The van der Waals surface area contributed by atoms with Crippen LogP contribution in [0.25, 0.3) is 10.8 Å². The number of aliphatic hydroxyl groups is 1. The van der Waals surface area contributed by atoms with Gasteiger partial charge < -0.3 is 10.0 Å². The second-order valence-electron chi connectivity index (χ2n) is 6.28. The van der Waals surface area contributed by atoms with E-state index in [-0.39, 0.29) is 23.2 Å². The van der Waals surface area contributed by atoms with Crippen LogP contribution < -0.4 is 5.56 Å². The number of benzene rings is 1. The molecule has 0 bridgehead atoms. The second kappa shape index (κ2) is 6.12. The summed E-state index contributed by atoms with van der Waals surface area (Å²) in [6.45, 7) is 4.65. The van der Waals surface area contributed by atoms with Crippen molar-refractivity contribution in [1.82, 2.24) is 14.7 Å². The molecule has 1 aromatic heterocycles. The monoisotopic (exact) mass is 315 g/mol. The molecular weight excluding hydrogens is 294 g/mol. The van der Waals surface area contributed by atoms with E-state index in [1.54, 1.807) is 29.2 Å². The van der Waals surface area contributed by atoms with Gasteiger partial charge in [-0.1, -0.05) is 18.2 Å². The van der Waals surface area contributed by atoms with Gasteiger partial charge in [0.1, 0.15) is 0 Å². The molecule has 1 aliphatic heterocycles. The molecule has 0 radical (unpaired) electrons. The molecule has 1 fully saturated rings. The normalized spacial score (nSPS) is 18.6. The zero-order valence-corrected chi connectivity index (χ0v) is 13.4. The van der Waals surface area contributed by atoms with Crippen LogP contribution in [-0.2, 0) is 0 Å². The number of amides is 1. The number of hydrogen-bond acceptors (Lipinski definition) is 4. The van der Waals surface area contributed by atoms with Crippen molar-refractivity contribution < 1.29 is 9.90 Å². The zero-order valence-electron chi connectivity index (χ0n) is 13.4. The maximum atomic E-state index is 12.9. The number of aromatic nitrogens is 2. The highest BCUT2D eigenvalue weighted by Gasteiger charge is 2.26. The lowest BCUT2D eigenvalue weighted by atomic mass is 10.1. The number of hydrogen-bond donors (Lipinski definition) is 1. The van der Waals surface area contributed by atoms with Gasteiger partial charge in [-0.05, 0) is 32.8 Å². The summed E-state index contributed by atoms with van der Waals surface area (Å²) in [5.41, 5.74) is 0.0915. The van der Waals surface area contributed by atoms with Gasteiger partial charge >= 0.3 is 0 Å². The first-order chi connectivity index (χ1) is 11.0. The van der Waals surface area contributed by atoms with Crippen molar-refractivity contribution in [1.29, 1.82) is 0 Å². The molecule has 1 N–H and O–H groups in total. The number of carbonyl (C=O) groups excluding carboxylic acids is 1. The van der Waals surface area contributed by atoms with Gasteiger partial charge in [0.2, 0.25) is 0 Å². The number of fused-ring (bicyclic) bond motifs is 1. The summed E-state index contributed by atoms with van der Waals surface area (Å²) in [4.78, 5) is 27.0. The van der Waals surface area contributed by atoms with E-state index in [2.05, 4.69) is 5.10 Å². The van der Waals surface area contributed by atoms with Gasteiger partial charge in [-0.3, -0.25) is 9.59 Å². The third kappa shape index (κ3) is 2.86. The van der Waals surface area contributed by atoms with Crippen molar-refractivity contribution in [2.45, 2.75) is 38.8 Å². The third-order valence-corrected chi connectivity index (χ3v) is 4.20. The maximum Gasteiger partial charge on any atom is 0.275 e. The van der Waals surface area contributed by atoms with Crippen LogP contribution in [0.5, 0.6) is 0 Å². The SMILES string of the molecule is CC(C)n1nc(C(=O)N2CCCC(O)C2)c2ccccc2c1=O. The van der Waals surface area contributed by atoms with Gasteiger partial charge in [0, 0.05) is 18.5 Å². The molecule has 122 valence electrons. The summed E-state index contributed by atoms with van der Waals surface area (Å²) in [6.07, 6.45) is 0.993. The third-order valence-electron chi connectivity index (χ3n) is 4.20. The van der Waals surface area contributed by atoms with E-state index in [1.165, 1.54) is 4.68 Å². The van der Waals surface area contributed by atoms with E-state index < -0.39 is 6.10 Å². The number of piperidine rings is 1. The Morgan fingerprint density at radius 1 is 1.30 bits per heavy atom. The van der Waals surface area contributed by atoms with Crippen LogP contribution in [0.15, 0.2) is 29.1 Å². The standard InChI is InChI=1S/C17H21N3O3/c1-11(2)20-16(22)14-8-4-3-7-13(14)15(18-20)17(23)19-9-5-6-12(21)10-19/h3-4,7-8,11-12,21H,5-6,9-10H2,1-2H3. The summed E-state index contributed by atoms with van der Waals surface area (Å²) in [7, 11) is 0. The fraction of sp³-hybridized carbons (Fsp3) is 0.471. The van der Waals surface area contributed by atoms with Gasteiger partial charge in [0.05, 0.1) is 17.5 Å². The Hall–Kier alpha value is -2.21. The first-order valence-electron chi connectivity index (χ1n) is 7.98. The topological polar surface area (TPSA) is 75.4 Å². The van der Waals surface area contributed by atoms with E-state index in [0.29, 0.717) is 30.3 Å². The summed E-state index contributed by atoms with van der Waals surface area (Å²) >= 11 is 0. The van der Waals surface area contributed by atoms with Crippen LogP contribution in [0.3, 0.4) is 0 Å². The molecule has 6 nitrogen and oxygen atoms in total. The molecule has 23 heavy (non-hydrogen) atoms. The van der Waals surface area contributed by atoms with Crippen molar-refractivity contribution in [3.63, 3.8) is 0 Å². The predicted octanol–water partition coefficient (Wildman–Crippen LogP) is 1.57. The highest BCUT2D eigenvalue weighted by atomic mass is 16.3. The summed E-state index contributed by atoms with van der Waals surface area (Å²) in [5.74, 6) is -0.227. The fourth-order valence-corrected chi connectivity index (χ4v) is 3.00. The highest BCUT2D eigenvalue weighted by Crippen LogP contribution is 2.19. The van der Waals surface area contributed by atoms with E-state index in [4.69, 9.17) is 0 Å². The largest absolute Gasteiger partial charge is 0.391 e. The lowest BCUT2D eigenvalue weighted by Gasteiger charge is -2.30. The van der Waals surface area contributed by atoms with E-state index in [0.717, 1.165) is 6.42 Å². The quantitative estimate of drug-likeness (QED) is 0.913. The number of carbonyl (C=O) groups is 1. The Morgan fingerprint density at radius 3 is 2.65 bits per heavy atom. The number of rotatable bonds is 2. The Kier molecular flexibility index (Phi) is 4.17. The molecule has 0 aliphatic carbocycles. The fourth-order valence-electron chi connectivity index (χ4n) is 3.00. The summed E-state index contributed by atoms with van der Waals surface area (Å²) in [6, 6.07) is 6.92. The zero-order chi connectivity index (χ0) is 16.6. The molecule has 2 aromatic rings. The smallest absolute Gasteiger partial charge is 0.275 e. The van der Waals surface area contributed by atoms with Gasteiger partial charge in [-0.25, -0.2) is 4.68 Å². The molecule has 1 unspecified atom stereocenters. The van der Waals surface area contributed by atoms with Gasteiger partial charge in [-0.2, -0.15) is 5.10 Å². The molecule has 2 heterocycles. The van der Waals surface area contributed by atoms with Crippen molar-refractivity contribution >= 4 is 16.7 Å². The van der Waals surface area contributed by atoms with Crippen molar-refractivity contribution in [3.8, 4) is 0 Å². The Morgan fingerprint density at radius 2 is 2.00 bits per heavy atom. The molecule has 1 amide bonds. The lowest BCUT2D eigenvalue weighted by Crippen LogP contribution is -2.43. The molecule has 1 atom stereocenters. The molecule has 0 saturated carbocycles. The van der Waals surface area contributed by atoms with Crippen molar-refractivity contribution in [2.24, 2.45) is 0 Å². The molecular formula is C17H21N3O3. The minimum atomic E-state index is -0.491. The summed E-state index contributed by atoms with van der Waals surface area (Å²) in [5, 5.41) is 15.2. The van der Waals surface area contributed by atoms with Crippen LogP contribution in [0.1, 0.15) is 43.2 Å². The Bertz CT molecular complexity index is 797. The van der Waals surface area contributed by atoms with Gasteiger partial charge in [0.15, 0.2) is 5.69 Å². The van der Waals surface area contributed by atoms with Crippen LogP contribution in [0.4, 0.5) is 0 Å². The molecule has 3 rings (SSSR count). The van der Waals surface area contributed by atoms with E-state index >= 15 is 0 Å². The molecule has 1 aliphatic rings. The number of likely N-dealkylation sites (tertiary alicyclic amines) is 1. The molecule has 6 heteroatoms. The second-order valence-corrected chi connectivity index (χ2v) is 6.28. The molecule has 0 spiro atoms. The maximum absolute atomic E-state index is 12.9. The lowest BCUT2D eigenvalue weighted by molar-refractivity contribution is 0.0468. The Balaban J connectivity index is 2.14. The number of nitrogens with zero attached hydrogens (tertiary/aromatic N) is 3. The van der Waals surface area contributed by atoms with Crippen LogP contribution in [0, 0.1) is 0 Å². The van der Waals surface area contributed by atoms with Gasteiger partial charge in [-0.15, -0.1) is 0 Å². The van der Waals surface area contributed by atoms with Crippen LogP contribution >= 0.6 is 0 Å². The summed E-state index contributed by atoms with van der Waals surface area (Å²) < 4.78 is 1.36. The molecule has 1 saturated heterocycles. The predicted molar refractivity (Wildman–Crippen MR) is 87.5 cm³/mol.